The van der Waals surface area contributed by atoms with Gasteiger partial charge in [-0.15, -0.1) is 0 Å². The van der Waals surface area contributed by atoms with E-state index >= 15 is 0 Å². The fourth-order valence-corrected chi connectivity index (χ4v) is 5.87. The third-order valence-corrected chi connectivity index (χ3v) is 8.76. The fourth-order valence-electron chi connectivity index (χ4n) is 4.00. The molecule has 0 radical (unpaired) electrons. The molecular formula is C30H36BrN3O4S. The van der Waals surface area contributed by atoms with Gasteiger partial charge in [0.15, 0.2) is 0 Å². The molecule has 1 N–H and O–H groups in total. The first-order chi connectivity index (χ1) is 18.4. The van der Waals surface area contributed by atoms with Crippen molar-refractivity contribution >= 4 is 43.5 Å². The van der Waals surface area contributed by atoms with Crippen LogP contribution in [0.5, 0.6) is 0 Å². The van der Waals surface area contributed by atoms with E-state index in [4.69, 9.17) is 0 Å². The van der Waals surface area contributed by atoms with Gasteiger partial charge in [0.25, 0.3) is 10.0 Å². The Labute approximate surface area is 240 Å². The van der Waals surface area contributed by atoms with Crippen LogP contribution in [0.3, 0.4) is 0 Å². The van der Waals surface area contributed by atoms with E-state index < -0.39 is 28.5 Å². The van der Waals surface area contributed by atoms with Crippen LogP contribution >= 0.6 is 15.9 Å². The van der Waals surface area contributed by atoms with Gasteiger partial charge in [-0.2, -0.15) is 0 Å². The van der Waals surface area contributed by atoms with Crippen LogP contribution in [-0.2, 0) is 26.2 Å². The van der Waals surface area contributed by atoms with Gasteiger partial charge in [0.2, 0.25) is 11.8 Å². The summed E-state index contributed by atoms with van der Waals surface area (Å²) < 4.78 is 29.7. The van der Waals surface area contributed by atoms with Crippen LogP contribution in [0.25, 0.3) is 0 Å². The van der Waals surface area contributed by atoms with Gasteiger partial charge < -0.3 is 10.2 Å². The van der Waals surface area contributed by atoms with Crippen molar-refractivity contribution in [2.45, 2.75) is 52.1 Å². The van der Waals surface area contributed by atoms with E-state index in [1.165, 1.54) is 17.0 Å². The Bertz CT molecular complexity index is 1410. The summed E-state index contributed by atoms with van der Waals surface area (Å²) in [5.41, 5.74) is 3.11. The van der Waals surface area contributed by atoms with E-state index in [-0.39, 0.29) is 23.3 Å². The third-order valence-electron chi connectivity index (χ3n) is 6.48. The maximum Gasteiger partial charge on any atom is 0.264 e. The average Bonchev–Trinajstić information content (AvgIpc) is 2.90. The number of amides is 2. The molecule has 39 heavy (non-hydrogen) atoms. The first kappa shape index (κ1) is 30.4. The number of sulfonamides is 1. The summed E-state index contributed by atoms with van der Waals surface area (Å²) in [6.45, 7) is 9.63. The summed E-state index contributed by atoms with van der Waals surface area (Å²) in [5.74, 6) is -0.540. The minimum Gasteiger partial charge on any atom is -0.354 e. The van der Waals surface area contributed by atoms with Crippen LogP contribution in [0.4, 0.5) is 5.69 Å². The van der Waals surface area contributed by atoms with Gasteiger partial charge in [0, 0.05) is 17.6 Å². The Balaban J connectivity index is 2.03. The fraction of sp³-hybridized carbons (Fsp3) is 0.333. The SMILES string of the molecule is Cc1ccc(N(CC(=O)N(Cc2cccc(Br)c2)[C@@H](C)C(=O)NCC(C)C)S(=O)(=O)c2ccccc2)cc1C. The number of rotatable bonds is 11. The van der Waals surface area contributed by atoms with Gasteiger partial charge >= 0.3 is 0 Å². The largest absolute Gasteiger partial charge is 0.354 e. The summed E-state index contributed by atoms with van der Waals surface area (Å²) in [5, 5.41) is 2.90. The second-order valence-corrected chi connectivity index (χ2v) is 12.8. The summed E-state index contributed by atoms with van der Waals surface area (Å²) in [6.07, 6.45) is 0. The number of nitrogens with zero attached hydrogens (tertiary/aromatic N) is 2. The van der Waals surface area contributed by atoms with Crippen molar-refractivity contribution in [3.05, 3.63) is 94.0 Å². The van der Waals surface area contributed by atoms with Crippen molar-refractivity contribution in [1.82, 2.24) is 10.2 Å². The minimum absolute atomic E-state index is 0.0808. The van der Waals surface area contributed by atoms with Crippen molar-refractivity contribution in [1.29, 1.82) is 0 Å². The van der Waals surface area contributed by atoms with Crippen LogP contribution in [0.1, 0.15) is 37.5 Å². The molecule has 1 atom stereocenters. The molecule has 0 aliphatic heterocycles. The minimum atomic E-state index is -4.08. The monoisotopic (exact) mass is 613 g/mol. The van der Waals surface area contributed by atoms with Gasteiger partial charge in [-0.3, -0.25) is 13.9 Å². The zero-order chi connectivity index (χ0) is 28.7. The third kappa shape index (κ3) is 7.92. The quantitative estimate of drug-likeness (QED) is 0.311. The second kappa shape index (κ2) is 13.3. The number of hydrogen-bond acceptors (Lipinski definition) is 4. The molecule has 0 spiro atoms. The lowest BCUT2D eigenvalue weighted by molar-refractivity contribution is -0.139. The van der Waals surface area contributed by atoms with E-state index in [1.54, 1.807) is 37.3 Å². The van der Waals surface area contributed by atoms with Crippen molar-refractivity contribution < 1.29 is 18.0 Å². The number of aryl methyl sites for hydroxylation is 2. The standard InChI is InChI=1S/C30H36BrN3O4S/c1-21(2)18-32-30(36)24(5)33(19-25-10-9-11-26(31)17-25)29(35)20-34(27-15-14-22(3)23(4)16-27)39(37,38)28-12-7-6-8-13-28/h6-17,21,24H,18-20H2,1-5H3,(H,32,36)/t24-/m0/s1. The molecule has 208 valence electrons. The number of carbonyl (C=O) groups is 2. The molecule has 0 unspecified atom stereocenters. The van der Waals surface area contributed by atoms with Crippen molar-refractivity contribution in [2.24, 2.45) is 5.92 Å². The lowest BCUT2D eigenvalue weighted by Gasteiger charge is -2.32. The van der Waals surface area contributed by atoms with Crippen LogP contribution < -0.4 is 9.62 Å². The summed E-state index contributed by atoms with van der Waals surface area (Å²) in [6, 6.07) is 20.0. The molecule has 3 aromatic rings. The molecule has 0 aromatic heterocycles. The predicted octanol–water partition coefficient (Wildman–Crippen LogP) is 5.45. The maximum absolute atomic E-state index is 14.0. The van der Waals surface area contributed by atoms with Gasteiger partial charge in [0.1, 0.15) is 12.6 Å². The van der Waals surface area contributed by atoms with Crippen molar-refractivity contribution in [3.8, 4) is 0 Å². The summed E-state index contributed by atoms with van der Waals surface area (Å²) in [7, 11) is -4.08. The zero-order valence-corrected chi connectivity index (χ0v) is 25.4. The molecule has 0 fully saturated rings. The number of benzene rings is 3. The van der Waals surface area contributed by atoms with E-state index in [0.29, 0.717) is 12.2 Å². The lowest BCUT2D eigenvalue weighted by Crippen LogP contribution is -2.51. The lowest BCUT2D eigenvalue weighted by atomic mass is 10.1. The zero-order valence-electron chi connectivity index (χ0n) is 23.0. The van der Waals surface area contributed by atoms with Crippen LogP contribution in [0, 0.1) is 19.8 Å². The highest BCUT2D eigenvalue weighted by molar-refractivity contribution is 9.10. The normalized spacial score (nSPS) is 12.2. The molecule has 3 rings (SSSR count). The van der Waals surface area contributed by atoms with Crippen LogP contribution in [-0.4, -0.2) is 44.3 Å². The predicted molar refractivity (Wildman–Crippen MR) is 159 cm³/mol. The highest BCUT2D eigenvalue weighted by Crippen LogP contribution is 2.26. The molecule has 0 aliphatic carbocycles. The number of carbonyl (C=O) groups excluding carboxylic acids is 2. The highest BCUT2D eigenvalue weighted by atomic mass is 79.9. The number of halogens is 1. The topological polar surface area (TPSA) is 86.8 Å². The Morgan fingerprint density at radius 2 is 1.59 bits per heavy atom. The van der Waals surface area contributed by atoms with Gasteiger partial charge in [-0.1, -0.05) is 66.2 Å². The van der Waals surface area contributed by atoms with Crippen LogP contribution in [0.2, 0.25) is 0 Å². The molecular weight excluding hydrogens is 578 g/mol. The Morgan fingerprint density at radius 3 is 2.21 bits per heavy atom. The second-order valence-electron chi connectivity index (χ2n) is 10.1. The van der Waals surface area contributed by atoms with E-state index in [2.05, 4.69) is 21.2 Å². The number of hydrogen-bond donors (Lipinski definition) is 1. The average molecular weight is 615 g/mol. The highest BCUT2D eigenvalue weighted by Gasteiger charge is 2.32. The number of nitrogens with one attached hydrogen (secondary N) is 1. The smallest absolute Gasteiger partial charge is 0.264 e. The maximum atomic E-state index is 14.0. The molecule has 2 amide bonds. The van der Waals surface area contributed by atoms with Gasteiger partial charge in [0.05, 0.1) is 10.6 Å². The van der Waals surface area contributed by atoms with E-state index in [9.17, 15) is 18.0 Å². The van der Waals surface area contributed by atoms with E-state index in [1.807, 2.05) is 58.0 Å². The van der Waals surface area contributed by atoms with Crippen molar-refractivity contribution in [3.63, 3.8) is 0 Å². The molecule has 9 heteroatoms. The Morgan fingerprint density at radius 1 is 0.897 bits per heavy atom. The molecule has 0 saturated carbocycles. The van der Waals surface area contributed by atoms with Gasteiger partial charge in [-0.25, -0.2) is 8.42 Å². The molecule has 0 bridgehead atoms. The molecule has 7 nitrogen and oxygen atoms in total. The summed E-state index contributed by atoms with van der Waals surface area (Å²) in [4.78, 5) is 28.5. The van der Waals surface area contributed by atoms with Gasteiger partial charge in [-0.05, 0) is 79.8 Å². The molecule has 0 aliphatic rings. The first-order valence-electron chi connectivity index (χ1n) is 12.9. The summed E-state index contributed by atoms with van der Waals surface area (Å²) >= 11 is 3.46. The molecule has 0 heterocycles. The van der Waals surface area contributed by atoms with Crippen molar-refractivity contribution in [2.75, 3.05) is 17.4 Å². The Kier molecular flexibility index (Phi) is 10.3. The van der Waals surface area contributed by atoms with Crippen LogP contribution in [0.15, 0.2) is 82.2 Å². The molecule has 3 aromatic carbocycles. The first-order valence-corrected chi connectivity index (χ1v) is 15.1. The van der Waals surface area contributed by atoms with E-state index in [0.717, 1.165) is 25.5 Å². The Hall–Kier alpha value is -3.17. The number of anilines is 1. The molecule has 0 saturated heterocycles.